The fourth-order valence-electron chi connectivity index (χ4n) is 2.79. The zero-order chi connectivity index (χ0) is 8.72. The second kappa shape index (κ2) is 2.58. The van der Waals surface area contributed by atoms with Crippen LogP contribution in [-0.2, 0) is 4.79 Å². The first-order valence-corrected chi connectivity index (χ1v) is 4.63. The van der Waals surface area contributed by atoms with Gasteiger partial charge >= 0.3 is 0 Å². The van der Waals surface area contributed by atoms with Crippen LogP contribution in [0, 0.1) is 35.0 Å². The molecule has 12 heavy (non-hydrogen) atoms. The normalized spacial score (nSPS) is 43.3. The Bertz CT molecular complexity index is 241. The summed E-state index contributed by atoms with van der Waals surface area (Å²) in [5.74, 6) is 2.59. The van der Waals surface area contributed by atoms with Gasteiger partial charge in [-0.25, -0.2) is 0 Å². The summed E-state index contributed by atoms with van der Waals surface area (Å²) in [6, 6.07) is 1.94. The average molecular weight is 163 g/mol. The monoisotopic (exact) mass is 163 g/mol. The first-order valence-electron chi connectivity index (χ1n) is 4.63. The van der Waals surface area contributed by atoms with Crippen LogP contribution in [-0.4, -0.2) is 5.78 Å². The van der Waals surface area contributed by atoms with Gasteiger partial charge in [0.05, 0.1) is 12.5 Å². The van der Waals surface area contributed by atoms with Gasteiger partial charge in [-0.2, -0.15) is 5.26 Å². The second-order valence-corrected chi connectivity index (χ2v) is 4.23. The summed E-state index contributed by atoms with van der Waals surface area (Å²) in [7, 11) is 0. The van der Waals surface area contributed by atoms with E-state index in [1.54, 1.807) is 0 Å². The zero-order valence-corrected chi connectivity index (χ0v) is 7.29. The fraction of sp³-hybridized carbons (Fsp3) is 0.800. The van der Waals surface area contributed by atoms with Crippen LogP contribution in [0.15, 0.2) is 0 Å². The van der Waals surface area contributed by atoms with Gasteiger partial charge in [0.15, 0.2) is 5.78 Å². The highest BCUT2D eigenvalue weighted by molar-refractivity contribution is 5.86. The molecule has 2 aliphatic rings. The molecule has 2 saturated carbocycles. The van der Waals surface area contributed by atoms with E-state index in [1.165, 1.54) is 12.8 Å². The molecule has 2 rings (SSSR count). The molecule has 0 saturated heterocycles. The van der Waals surface area contributed by atoms with Crippen LogP contribution in [0.5, 0.6) is 0 Å². The number of hydrogen-bond donors (Lipinski definition) is 0. The summed E-state index contributed by atoms with van der Waals surface area (Å²) in [6.45, 7) is 2.25. The van der Waals surface area contributed by atoms with Gasteiger partial charge in [0, 0.05) is 5.92 Å². The Kier molecular flexibility index (Phi) is 1.68. The van der Waals surface area contributed by atoms with E-state index in [9.17, 15) is 4.79 Å². The second-order valence-electron chi connectivity index (χ2n) is 4.23. The van der Waals surface area contributed by atoms with Gasteiger partial charge in [-0.1, -0.05) is 6.92 Å². The molecule has 0 aromatic carbocycles. The fourth-order valence-corrected chi connectivity index (χ4v) is 2.79. The van der Waals surface area contributed by atoms with Crippen LogP contribution >= 0.6 is 0 Å². The Labute approximate surface area is 72.6 Å². The lowest BCUT2D eigenvalue weighted by Gasteiger charge is -2.05. The molecule has 0 spiro atoms. The van der Waals surface area contributed by atoms with Crippen molar-refractivity contribution < 1.29 is 4.79 Å². The number of nitriles is 1. The molecular formula is C10H13NO. The Hall–Kier alpha value is -0.840. The van der Waals surface area contributed by atoms with Crippen molar-refractivity contribution >= 4 is 5.78 Å². The van der Waals surface area contributed by atoms with E-state index in [0.29, 0.717) is 11.8 Å². The molecule has 0 N–H and O–H groups in total. The topological polar surface area (TPSA) is 40.9 Å². The molecule has 0 bridgehead atoms. The van der Waals surface area contributed by atoms with Gasteiger partial charge in [-0.05, 0) is 30.6 Å². The standard InChI is InChI=1S/C10H13NO/c1-6-4-7-8(5-6)10(7)9(12)2-3-11/h6-8,10H,2,4-5H2,1H3/t6?,7-,8+,10?. The van der Waals surface area contributed by atoms with E-state index < -0.39 is 0 Å². The quantitative estimate of drug-likeness (QED) is 0.622. The molecule has 2 aliphatic carbocycles. The Morgan fingerprint density at radius 1 is 1.50 bits per heavy atom. The summed E-state index contributed by atoms with van der Waals surface area (Å²) in [6.07, 6.45) is 2.56. The van der Waals surface area contributed by atoms with E-state index in [0.717, 1.165) is 5.92 Å². The Morgan fingerprint density at radius 2 is 2.08 bits per heavy atom. The maximum atomic E-state index is 11.3. The van der Waals surface area contributed by atoms with E-state index in [4.69, 9.17) is 5.26 Å². The first-order chi connectivity index (χ1) is 5.74. The van der Waals surface area contributed by atoms with Crippen molar-refractivity contribution in [3.05, 3.63) is 0 Å². The highest BCUT2D eigenvalue weighted by Gasteiger charge is 2.57. The third-order valence-electron chi connectivity index (χ3n) is 3.31. The predicted molar refractivity (Wildman–Crippen MR) is 44.1 cm³/mol. The van der Waals surface area contributed by atoms with Gasteiger partial charge in [-0.15, -0.1) is 0 Å². The summed E-state index contributed by atoms with van der Waals surface area (Å²) < 4.78 is 0. The molecule has 2 unspecified atom stereocenters. The third-order valence-corrected chi connectivity index (χ3v) is 3.31. The van der Waals surface area contributed by atoms with Gasteiger partial charge in [0.2, 0.25) is 0 Å². The van der Waals surface area contributed by atoms with Gasteiger partial charge in [-0.3, -0.25) is 4.79 Å². The van der Waals surface area contributed by atoms with Crippen LogP contribution in [0.25, 0.3) is 0 Å². The maximum Gasteiger partial charge on any atom is 0.150 e. The summed E-state index contributed by atoms with van der Waals surface area (Å²) in [5.41, 5.74) is 0. The molecule has 0 heterocycles. The van der Waals surface area contributed by atoms with Crippen LogP contribution in [0.4, 0.5) is 0 Å². The first kappa shape index (κ1) is 7.79. The Morgan fingerprint density at radius 3 is 2.58 bits per heavy atom. The molecule has 0 amide bonds. The number of fused-ring (bicyclic) bond motifs is 1. The Balaban J connectivity index is 1.90. The third kappa shape index (κ3) is 1.04. The minimum absolute atomic E-state index is 0.131. The van der Waals surface area contributed by atoms with E-state index >= 15 is 0 Å². The lowest BCUT2D eigenvalue weighted by Crippen LogP contribution is -2.06. The smallest absolute Gasteiger partial charge is 0.150 e. The van der Waals surface area contributed by atoms with Crippen molar-refractivity contribution in [3.63, 3.8) is 0 Å². The number of Topliss-reactive ketones (excluding diaryl/α,β-unsaturated/α-hetero) is 1. The van der Waals surface area contributed by atoms with E-state index in [-0.39, 0.29) is 18.1 Å². The molecule has 2 fully saturated rings. The van der Waals surface area contributed by atoms with Gasteiger partial charge in [0.25, 0.3) is 0 Å². The van der Waals surface area contributed by atoms with Crippen LogP contribution in [0.3, 0.4) is 0 Å². The summed E-state index contributed by atoms with van der Waals surface area (Å²) in [4.78, 5) is 11.3. The molecule has 64 valence electrons. The largest absolute Gasteiger partial charge is 0.298 e. The molecule has 0 aromatic rings. The SMILES string of the molecule is CC1C[C@@H]2C(C(=O)CC#N)[C@@H]2C1. The van der Waals surface area contributed by atoms with Gasteiger partial charge < -0.3 is 0 Å². The number of nitrogens with zero attached hydrogens (tertiary/aromatic N) is 1. The molecule has 0 aliphatic heterocycles. The molecular weight excluding hydrogens is 150 g/mol. The van der Waals surface area contributed by atoms with Gasteiger partial charge in [0.1, 0.15) is 0 Å². The highest BCUT2D eigenvalue weighted by Crippen LogP contribution is 2.59. The van der Waals surface area contributed by atoms with Crippen molar-refractivity contribution in [2.75, 3.05) is 0 Å². The van der Waals surface area contributed by atoms with Crippen molar-refractivity contribution in [1.82, 2.24) is 0 Å². The summed E-state index contributed by atoms with van der Waals surface area (Å²) >= 11 is 0. The average Bonchev–Trinajstić information content (AvgIpc) is 2.51. The number of carbonyl (C=O) groups excluding carboxylic acids is 1. The minimum Gasteiger partial charge on any atom is -0.298 e. The number of hydrogen-bond acceptors (Lipinski definition) is 2. The lowest BCUT2D eigenvalue weighted by molar-refractivity contribution is -0.120. The van der Waals surface area contributed by atoms with Crippen molar-refractivity contribution in [2.24, 2.45) is 23.7 Å². The predicted octanol–water partition coefficient (Wildman–Crippen LogP) is 1.76. The zero-order valence-electron chi connectivity index (χ0n) is 7.29. The van der Waals surface area contributed by atoms with Crippen molar-refractivity contribution in [3.8, 4) is 6.07 Å². The lowest BCUT2D eigenvalue weighted by atomic mass is 9.99. The molecule has 2 heteroatoms. The van der Waals surface area contributed by atoms with E-state index in [2.05, 4.69) is 6.92 Å². The van der Waals surface area contributed by atoms with Crippen LogP contribution < -0.4 is 0 Å². The highest BCUT2D eigenvalue weighted by atomic mass is 16.1. The van der Waals surface area contributed by atoms with Crippen LogP contribution in [0.2, 0.25) is 0 Å². The van der Waals surface area contributed by atoms with Crippen molar-refractivity contribution in [1.29, 1.82) is 5.26 Å². The molecule has 0 radical (unpaired) electrons. The number of ketones is 1. The van der Waals surface area contributed by atoms with Crippen molar-refractivity contribution in [2.45, 2.75) is 26.2 Å². The molecule has 0 aromatic heterocycles. The minimum atomic E-state index is 0.131. The number of rotatable bonds is 2. The number of carbonyl (C=O) groups is 1. The molecule has 2 nitrogen and oxygen atoms in total. The van der Waals surface area contributed by atoms with E-state index in [1.807, 2.05) is 6.07 Å². The summed E-state index contributed by atoms with van der Waals surface area (Å²) in [5, 5.41) is 8.36. The molecule has 4 atom stereocenters. The van der Waals surface area contributed by atoms with Crippen LogP contribution in [0.1, 0.15) is 26.2 Å². The maximum absolute atomic E-state index is 11.3.